The molecule has 6 heteroatoms. The van der Waals surface area contributed by atoms with Crippen molar-refractivity contribution < 1.29 is 9.47 Å². The Kier molecular flexibility index (Phi) is 5.67. The highest BCUT2D eigenvalue weighted by Crippen LogP contribution is 2.35. The number of benzene rings is 1. The summed E-state index contributed by atoms with van der Waals surface area (Å²) in [4.78, 5) is 2.49. The SMILES string of the molecule is C#C[C@H]1CN2CC[C@H]1C[C@@H]2CNC(=S)Nc1cc(OC)cc(OC)c1. The van der Waals surface area contributed by atoms with Crippen molar-refractivity contribution in [2.45, 2.75) is 18.9 Å². The maximum Gasteiger partial charge on any atom is 0.170 e. The molecule has 2 N–H and O–H groups in total. The topological polar surface area (TPSA) is 45.8 Å². The number of anilines is 1. The highest BCUT2D eigenvalue weighted by Gasteiger charge is 2.39. The summed E-state index contributed by atoms with van der Waals surface area (Å²) in [5, 5.41) is 7.15. The Bertz CT molecular complexity index is 651. The Morgan fingerprint density at radius 2 is 2.04 bits per heavy atom. The summed E-state index contributed by atoms with van der Waals surface area (Å²) < 4.78 is 10.6. The second-order valence-electron chi connectivity index (χ2n) is 6.64. The summed E-state index contributed by atoms with van der Waals surface area (Å²) in [6.45, 7) is 2.99. The molecule has 1 aromatic rings. The summed E-state index contributed by atoms with van der Waals surface area (Å²) in [5.74, 6) is 5.47. The zero-order valence-corrected chi connectivity index (χ0v) is 15.6. The van der Waals surface area contributed by atoms with Gasteiger partial charge in [0.25, 0.3) is 0 Å². The standard InChI is InChI=1S/C19H25N3O2S/c1-4-13-12-22-6-5-14(13)7-16(22)11-20-19(25)21-15-8-17(23-2)10-18(9-15)24-3/h1,8-10,13-14,16H,5-7,11-12H2,2-3H3,(H2,20,21,25)/t13-,14-,16+/m0/s1. The predicted molar refractivity (Wildman–Crippen MR) is 104 cm³/mol. The van der Waals surface area contributed by atoms with E-state index < -0.39 is 0 Å². The monoisotopic (exact) mass is 359 g/mol. The quantitative estimate of drug-likeness (QED) is 0.622. The van der Waals surface area contributed by atoms with Gasteiger partial charge in [-0.1, -0.05) is 0 Å². The molecule has 134 valence electrons. The Morgan fingerprint density at radius 1 is 1.32 bits per heavy atom. The smallest absolute Gasteiger partial charge is 0.170 e. The van der Waals surface area contributed by atoms with E-state index in [1.165, 1.54) is 6.42 Å². The Labute approximate surface area is 155 Å². The highest BCUT2D eigenvalue weighted by molar-refractivity contribution is 7.80. The first kappa shape index (κ1) is 17.8. The molecule has 25 heavy (non-hydrogen) atoms. The van der Waals surface area contributed by atoms with Crippen LogP contribution in [0.3, 0.4) is 0 Å². The van der Waals surface area contributed by atoms with Crippen LogP contribution in [-0.2, 0) is 0 Å². The van der Waals surface area contributed by atoms with E-state index in [1.54, 1.807) is 14.2 Å². The Morgan fingerprint density at radius 3 is 2.60 bits per heavy atom. The molecule has 0 aromatic heterocycles. The lowest BCUT2D eigenvalue weighted by molar-refractivity contribution is 0.0248. The van der Waals surface area contributed by atoms with Gasteiger partial charge in [-0.15, -0.1) is 12.3 Å². The lowest BCUT2D eigenvalue weighted by Gasteiger charge is -2.48. The van der Waals surface area contributed by atoms with Crippen LogP contribution >= 0.6 is 12.2 Å². The molecule has 4 atom stereocenters. The molecule has 0 amide bonds. The van der Waals surface area contributed by atoms with Crippen LogP contribution in [0.4, 0.5) is 5.69 Å². The van der Waals surface area contributed by atoms with E-state index >= 15 is 0 Å². The molecule has 1 aromatic carbocycles. The first-order valence-electron chi connectivity index (χ1n) is 8.61. The van der Waals surface area contributed by atoms with Gasteiger partial charge in [-0.3, -0.25) is 4.90 Å². The maximum absolute atomic E-state index is 5.65. The molecule has 3 aliphatic rings. The summed E-state index contributed by atoms with van der Waals surface area (Å²) in [6.07, 6.45) is 8.02. The van der Waals surface area contributed by atoms with Crippen LogP contribution in [-0.4, -0.2) is 49.9 Å². The van der Waals surface area contributed by atoms with E-state index in [0.717, 1.165) is 43.2 Å². The number of piperidine rings is 3. The minimum Gasteiger partial charge on any atom is -0.497 e. The fourth-order valence-corrected chi connectivity index (χ4v) is 4.01. The average Bonchev–Trinajstić information content (AvgIpc) is 2.66. The fraction of sp³-hybridized carbons (Fsp3) is 0.526. The van der Waals surface area contributed by atoms with Gasteiger partial charge in [0.15, 0.2) is 5.11 Å². The average molecular weight is 359 g/mol. The fourth-order valence-electron chi connectivity index (χ4n) is 3.80. The number of thiocarbonyl (C=S) groups is 1. The van der Waals surface area contributed by atoms with Crippen LogP contribution in [0.1, 0.15) is 12.8 Å². The molecule has 3 saturated heterocycles. The molecular weight excluding hydrogens is 334 g/mol. The molecule has 3 fully saturated rings. The number of fused-ring (bicyclic) bond motifs is 3. The second kappa shape index (κ2) is 7.94. The van der Waals surface area contributed by atoms with Crippen molar-refractivity contribution in [2.24, 2.45) is 11.8 Å². The molecule has 0 radical (unpaired) electrons. The Hall–Kier alpha value is -1.97. The second-order valence-corrected chi connectivity index (χ2v) is 7.05. The summed E-state index contributed by atoms with van der Waals surface area (Å²) in [7, 11) is 3.26. The van der Waals surface area contributed by atoms with Gasteiger partial charge in [0, 0.05) is 48.9 Å². The molecule has 0 spiro atoms. The van der Waals surface area contributed by atoms with Crippen molar-refractivity contribution in [3.8, 4) is 23.8 Å². The molecule has 3 heterocycles. The van der Waals surface area contributed by atoms with Crippen molar-refractivity contribution in [3.63, 3.8) is 0 Å². The van der Waals surface area contributed by atoms with Crippen molar-refractivity contribution in [1.82, 2.24) is 10.2 Å². The van der Waals surface area contributed by atoms with Gasteiger partial charge in [0.2, 0.25) is 0 Å². The van der Waals surface area contributed by atoms with Crippen LogP contribution in [0, 0.1) is 24.2 Å². The number of ether oxygens (including phenoxy) is 2. The molecular formula is C19H25N3O2S. The number of methoxy groups -OCH3 is 2. The van der Waals surface area contributed by atoms with Gasteiger partial charge >= 0.3 is 0 Å². The maximum atomic E-state index is 5.65. The number of nitrogens with zero attached hydrogens (tertiary/aromatic N) is 1. The highest BCUT2D eigenvalue weighted by atomic mass is 32.1. The van der Waals surface area contributed by atoms with Crippen molar-refractivity contribution >= 4 is 23.0 Å². The lowest BCUT2D eigenvalue weighted by atomic mass is 9.76. The third-order valence-electron chi connectivity index (χ3n) is 5.20. The van der Waals surface area contributed by atoms with Crippen LogP contribution in [0.15, 0.2) is 18.2 Å². The molecule has 3 aliphatic heterocycles. The largest absolute Gasteiger partial charge is 0.497 e. The molecule has 2 bridgehead atoms. The molecule has 5 nitrogen and oxygen atoms in total. The van der Waals surface area contributed by atoms with Gasteiger partial charge in [0.05, 0.1) is 14.2 Å². The molecule has 0 saturated carbocycles. The van der Waals surface area contributed by atoms with E-state index in [0.29, 0.717) is 23.0 Å². The zero-order valence-electron chi connectivity index (χ0n) is 14.7. The summed E-state index contributed by atoms with van der Waals surface area (Å²) in [5.41, 5.74) is 0.839. The molecule has 1 unspecified atom stereocenters. The van der Waals surface area contributed by atoms with Gasteiger partial charge in [0.1, 0.15) is 11.5 Å². The number of nitrogens with one attached hydrogen (secondary N) is 2. The van der Waals surface area contributed by atoms with Crippen LogP contribution < -0.4 is 20.1 Å². The van der Waals surface area contributed by atoms with Crippen molar-refractivity contribution in [1.29, 1.82) is 0 Å². The van der Waals surface area contributed by atoms with E-state index in [2.05, 4.69) is 21.5 Å². The summed E-state index contributed by atoms with van der Waals surface area (Å²) >= 11 is 5.44. The lowest BCUT2D eigenvalue weighted by Crippen LogP contribution is -2.56. The van der Waals surface area contributed by atoms with Crippen molar-refractivity contribution in [3.05, 3.63) is 18.2 Å². The third kappa shape index (κ3) is 4.17. The predicted octanol–water partition coefficient (Wildman–Crippen LogP) is 2.33. The minimum atomic E-state index is 0.416. The van der Waals surface area contributed by atoms with Crippen molar-refractivity contribution in [2.75, 3.05) is 39.2 Å². The number of terminal acetylenes is 1. The van der Waals surface area contributed by atoms with Crippen LogP contribution in [0.25, 0.3) is 0 Å². The van der Waals surface area contributed by atoms with Gasteiger partial charge < -0.3 is 20.1 Å². The van der Waals surface area contributed by atoms with E-state index in [-0.39, 0.29) is 0 Å². The van der Waals surface area contributed by atoms with Crippen LogP contribution in [0.2, 0.25) is 0 Å². The number of hydrogen-bond acceptors (Lipinski definition) is 4. The van der Waals surface area contributed by atoms with E-state index in [4.69, 9.17) is 28.1 Å². The number of rotatable bonds is 5. The third-order valence-corrected chi connectivity index (χ3v) is 5.45. The first-order valence-corrected chi connectivity index (χ1v) is 9.02. The molecule has 0 aliphatic carbocycles. The first-order chi connectivity index (χ1) is 12.1. The minimum absolute atomic E-state index is 0.416. The summed E-state index contributed by atoms with van der Waals surface area (Å²) in [6, 6.07) is 6.11. The molecule has 4 rings (SSSR count). The van der Waals surface area contributed by atoms with E-state index in [9.17, 15) is 0 Å². The normalized spacial score (nSPS) is 27.2. The van der Waals surface area contributed by atoms with E-state index in [1.807, 2.05) is 18.2 Å². The zero-order chi connectivity index (χ0) is 17.8. The number of hydrogen-bond donors (Lipinski definition) is 2. The van der Waals surface area contributed by atoms with Gasteiger partial charge in [-0.25, -0.2) is 0 Å². The van der Waals surface area contributed by atoms with Gasteiger partial charge in [-0.05, 0) is 37.5 Å². The van der Waals surface area contributed by atoms with Crippen LogP contribution in [0.5, 0.6) is 11.5 Å². The Balaban J connectivity index is 1.53. The van der Waals surface area contributed by atoms with Gasteiger partial charge in [-0.2, -0.15) is 0 Å².